The molecular weight excluding hydrogens is 569 g/mol. The first-order valence-corrected chi connectivity index (χ1v) is 15.9. The number of benzene rings is 6. The highest BCUT2D eigenvalue weighted by Crippen LogP contribution is 2.43. The van der Waals surface area contributed by atoms with Crippen molar-refractivity contribution in [3.05, 3.63) is 146 Å². The van der Waals surface area contributed by atoms with Gasteiger partial charge in [0.2, 0.25) is 5.95 Å². The molecule has 0 saturated carbocycles. The number of hydrogen-bond donors (Lipinski definition) is 0. The van der Waals surface area contributed by atoms with Crippen LogP contribution < -0.4 is 0 Å². The van der Waals surface area contributed by atoms with Gasteiger partial charge in [0.25, 0.3) is 0 Å². The summed E-state index contributed by atoms with van der Waals surface area (Å²) in [6.45, 7) is 0. The topological polar surface area (TPSA) is 35.6 Å². The maximum absolute atomic E-state index is 5.45. The molecule has 0 N–H and O–H groups in total. The Kier molecular flexibility index (Phi) is 5.12. The predicted molar refractivity (Wildman–Crippen MR) is 189 cm³/mol. The molecule has 6 aromatic carbocycles. The molecular formula is C40H24N4S. The molecule has 0 radical (unpaired) electrons. The summed E-state index contributed by atoms with van der Waals surface area (Å²) in [5.74, 6) is 0.677. The second kappa shape index (κ2) is 9.36. The van der Waals surface area contributed by atoms with Crippen LogP contribution in [0.15, 0.2) is 146 Å². The van der Waals surface area contributed by atoms with E-state index in [1.807, 2.05) is 0 Å². The third kappa shape index (κ3) is 3.47. The lowest BCUT2D eigenvalue weighted by Gasteiger charge is -2.13. The van der Waals surface area contributed by atoms with Gasteiger partial charge in [-0.15, -0.1) is 11.3 Å². The van der Waals surface area contributed by atoms with Crippen molar-refractivity contribution in [3.63, 3.8) is 0 Å². The zero-order chi connectivity index (χ0) is 29.5. The Bertz CT molecular complexity index is 2750. The average molecular weight is 593 g/mol. The number of para-hydroxylation sites is 3. The Morgan fingerprint density at radius 1 is 0.444 bits per heavy atom. The second-order valence-corrected chi connectivity index (χ2v) is 12.4. The summed E-state index contributed by atoms with van der Waals surface area (Å²) in [6, 6.07) is 51.6. The number of fused-ring (bicyclic) bond motifs is 10. The molecule has 10 aromatic rings. The standard InChI is InChI=1S/C40H24N4S/c1-3-13-25(14-4-1)36-35-31-19-9-12-22-34(31)45-39(35)42-40(41-36)44-33-21-11-8-18-28(33)30-24-23-29-27-17-7-10-20-32(27)43(37(29)38(30)44)26-15-5-2-6-16-26/h1-24H. The Morgan fingerprint density at radius 3 is 1.71 bits per heavy atom. The van der Waals surface area contributed by atoms with Crippen molar-refractivity contribution in [2.24, 2.45) is 0 Å². The lowest BCUT2D eigenvalue weighted by atomic mass is 10.1. The smallest absolute Gasteiger partial charge is 0.236 e. The van der Waals surface area contributed by atoms with E-state index in [0.29, 0.717) is 5.95 Å². The zero-order valence-corrected chi connectivity index (χ0v) is 24.9. The summed E-state index contributed by atoms with van der Waals surface area (Å²) in [7, 11) is 0. The molecule has 0 unspecified atom stereocenters. The molecule has 0 aliphatic carbocycles. The van der Waals surface area contributed by atoms with Crippen molar-refractivity contribution in [1.82, 2.24) is 19.1 Å². The van der Waals surface area contributed by atoms with Gasteiger partial charge in [0, 0.05) is 48.3 Å². The lowest BCUT2D eigenvalue weighted by molar-refractivity contribution is 1.02. The summed E-state index contributed by atoms with van der Waals surface area (Å²) in [5, 5.41) is 7.09. The highest BCUT2D eigenvalue weighted by Gasteiger charge is 2.24. The van der Waals surface area contributed by atoms with Crippen LogP contribution in [0.3, 0.4) is 0 Å². The van der Waals surface area contributed by atoms with Gasteiger partial charge in [-0.25, -0.2) is 9.97 Å². The number of thiophene rings is 1. The summed E-state index contributed by atoms with van der Waals surface area (Å²) in [6.07, 6.45) is 0. The van der Waals surface area contributed by atoms with E-state index in [2.05, 4.69) is 155 Å². The van der Waals surface area contributed by atoms with Gasteiger partial charge < -0.3 is 4.57 Å². The Morgan fingerprint density at radius 2 is 1.00 bits per heavy atom. The number of hydrogen-bond acceptors (Lipinski definition) is 3. The molecule has 0 spiro atoms. The minimum absolute atomic E-state index is 0.677. The third-order valence-electron chi connectivity index (χ3n) is 8.96. The molecule has 0 aliphatic heterocycles. The predicted octanol–water partition coefficient (Wildman–Crippen LogP) is 10.7. The fraction of sp³-hybridized carbons (Fsp3) is 0. The first-order chi connectivity index (χ1) is 22.3. The molecule has 0 atom stereocenters. The minimum atomic E-state index is 0.677. The van der Waals surface area contributed by atoms with Crippen LogP contribution in [0.1, 0.15) is 0 Å². The second-order valence-electron chi connectivity index (χ2n) is 11.4. The van der Waals surface area contributed by atoms with Crippen molar-refractivity contribution in [1.29, 1.82) is 0 Å². The summed E-state index contributed by atoms with van der Waals surface area (Å²) < 4.78 is 5.91. The first kappa shape index (κ1) is 24.6. The van der Waals surface area contributed by atoms with Gasteiger partial charge in [-0.2, -0.15) is 0 Å². The van der Waals surface area contributed by atoms with Crippen molar-refractivity contribution in [3.8, 4) is 22.9 Å². The molecule has 10 rings (SSSR count). The van der Waals surface area contributed by atoms with Gasteiger partial charge in [0.05, 0.1) is 27.8 Å². The van der Waals surface area contributed by atoms with Gasteiger partial charge in [-0.3, -0.25) is 4.57 Å². The first-order valence-electron chi connectivity index (χ1n) is 15.1. The fourth-order valence-corrected chi connectivity index (χ4v) is 8.14. The van der Waals surface area contributed by atoms with Crippen LogP contribution in [-0.2, 0) is 0 Å². The van der Waals surface area contributed by atoms with Crippen LogP contribution in [0.5, 0.6) is 0 Å². The van der Waals surface area contributed by atoms with Crippen LogP contribution in [0.2, 0.25) is 0 Å². The lowest BCUT2D eigenvalue weighted by Crippen LogP contribution is -2.04. The molecule has 4 nitrogen and oxygen atoms in total. The normalized spacial score (nSPS) is 12.0. The molecule has 0 amide bonds. The number of aromatic nitrogens is 4. The van der Waals surface area contributed by atoms with E-state index < -0.39 is 0 Å². The maximum Gasteiger partial charge on any atom is 0.236 e. The van der Waals surface area contributed by atoms with Gasteiger partial charge in [-0.1, -0.05) is 115 Å². The quantitative estimate of drug-likeness (QED) is 0.205. The Balaban J connectivity index is 1.43. The van der Waals surface area contributed by atoms with Crippen molar-refractivity contribution in [2.45, 2.75) is 0 Å². The van der Waals surface area contributed by atoms with Crippen LogP contribution in [-0.4, -0.2) is 19.1 Å². The van der Waals surface area contributed by atoms with Gasteiger partial charge in [-0.05, 0) is 30.3 Å². The summed E-state index contributed by atoms with van der Waals surface area (Å²) in [5.41, 5.74) is 7.68. The van der Waals surface area contributed by atoms with Crippen LogP contribution in [0, 0.1) is 0 Å². The van der Waals surface area contributed by atoms with E-state index in [0.717, 1.165) is 43.7 Å². The SMILES string of the molecule is c1ccc(-c2nc(-n3c4ccccc4c4ccc5c6ccccc6n(-c6ccccc6)c5c43)nc3sc4ccccc4c23)cc1. The molecule has 0 bridgehead atoms. The highest BCUT2D eigenvalue weighted by molar-refractivity contribution is 7.25. The fourth-order valence-electron chi connectivity index (χ4n) is 7.07. The van der Waals surface area contributed by atoms with E-state index in [-0.39, 0.29) is 0 Å². The average Bonchev–Trinajstić information content (AvgIpc) is 3.76. The highest BCUT2D eigenvalue weighted by atomic mass is 32.1. The van der Waals surface area contributed by atoms with Gasteiger partial charge in [0.15, 0.2) is 0 Å². The monoisotopic (exact) mass is 592 g/mol. The van der Waals surface area contributed by atoms with E-state index >= 15 is 0 Å². The Hall–Kier alpha value is -5.78. The van der Waals surface area contributed by atoms with Gasteiger partial charge >= 0.3 is 0 Å². The molecule has 0 saturated heterocycles. The number of nitrogens with zero attached hydrogens (tertiary/aromatic N) is 4. The van der Waals surface area contributed by atoms with Crippen LogP contribution in [0.25, 0.3) is 86.8 Å². The largest absolute Gasteiger partial charge is 0.307 e. The third-order valence-corrected chi connectivity index (χ3v) is 10.0. The van der Waals surface area contributed by atoms with E-state index in [1.54, 1.807) is 11.3 Å². The van der Waals surface area contributed by atoms with E-state index in [1.165, 1.54) is 37.1 Å². The molecule has 210 valence electrons. The van der Waals surface area contributed by atoms with Crippen LogP contribution in [0.4, 0.5) is 0 Å². The summed E-state index contributed by atoms with van der Waals surface area (Å²) >= 11 is 1.73. The Labute approximate surface area is 262 Å². The number of rotatable bonds is 3. The van der Waals surface area contributed by atoms with Crippen molar-refractivity contribution < 1.29 is 0 Å². The van der Waals surface area contributed by atoms with Crippen molar-refractivity contribution in [2.75, 3.05) is 0 Å². The molecule has 45 heavy (non-hydrogen) atoms. The van der Waals surface area contributed by atoms with Gasteiger partial charge in [0.1, 0.15) is 4.83 Å². The van der Waals surface area contributed by atoms with Crippen molar-refractivity contribution >= 4 is 75.3 Å². The molecule has 4 aromatic heterocycles. The molecule has 4 heterocycles. The van der Waals surface area contributed by atoms with Crippen LogP contribution >= 0.6 is 11.3 Å². The molecule has 5 heteroatoms. The maximum atomic E-state index is 5.45. The minimum Gasteiger partial charge on any atom is -0.307 e. The summed E-state index contributed by atoms with van der Waals surface area (Å²) in [4.78, 5) is 11.8. The molecule has 0 fully saturated rings. The molecule has 0 aliphatic rings. The van der Waals surface area contributed by atoms with E-state index in [9.17, 15) is 0 Å². The zero-order valence-electron chi connectivity index (χ0n) is 24.1. The van der Waals surface area contributed by atoms with E-state index in [4.69, 9.17) is 9.97 Å².